The number of nitrogens with one attached hydrogen (secondary N) is 1. The van der Waals surface area contributed by atoms with Crippen molar-refractivity contribution in [2.45, 2.75) is 19.9 Å². The second-order valence-corrected chi connectivity index (χ2v) is 3.34. The van der Waals surface area contributed by atoms with Crippen LogP contribution in [0.5, 0.6) is 0 Å². The maximum atomic E-state index is 5.26. The molecule has 0 fully saturated rings. The number of aromatic nitrogens is 1. The molecule has 0 spiro atoms. The first kappa shape index (κ1) is 9.77. The van der Waals surface area contributed by atoms with Crippen molar-refractivity contribution in [2.24, 2.45) is 0 Å². The summed E-state index contributed by atoms with van der Waals surface area (Å²) in [6, 6.07) is 10.8. The molecule has 0 saturated heterocycles. The fourth-order valence-electron chi connectivity index (χ4n) is 1.32. The molecular formula is C12H14N2O. The summed E-state index contributed by atoms with van der Waals surface area (Å²) >= 11 is 0. The minimum absolute atomic E-state index is 0.593. The zero-order valence-corrected chi connectivity index (χ0v) is 8.73. The first-order valence-corrected chi connectivity index (χ1v) is 5.10. The van der Waals surface area contributed by atoms with Crippen LogP contribution in [0.4, 0.5) is 6.01 Å². The molecule has 2 rings (SSSR count). The van der Waals surface area contributed by atoms with Gasteiger partial charge in [-0.1, -0.05) is 37.3 Å². The van der Waals surface area contributed by atoms with Gasteiger partial charge in [0.05, 0.1) is 5.69 Å². The molecule has 0 unspecified atom stereocenters. The first-order chi connectivity index (χ1) is 7.38. The molecule has 1 heterocycles. The van der Waals surface area contributed by atoms with E-state index in [0.717, 1.165) is 18.7 Å². The monoisotopic (exact) mass is 202 g/mol. The molecular weight excluding hydrogens is 188 g/mol. The van der Waals surface area contributed by atoms with E-state index in [4.69, 9.17) is 4.42 Å². The van der Waals surface area contributed by atoms with Crippen molar-refractivity contribution < 1.29 is 4.42 Å². The highest BCUT2D eigenvalue weighted by Gasteiger charge is 2.00. The van der Waals surface area contributed by atoms with Crippen LogP contribution in [-0.2, 0) is 13.0 Å². The minimum atomic E-state index is 0.593. The van der Waals surface area contributed by atoms with Crippen LogP contribution in [0.3, 0.4) is 0 Å². The highest BCUT2D eigenvalue weighted by atomic mass is 16.4. The van der Waals surface area contributed by atoms with Gasteiger partial charge in [-0.05, 0) is 12.0 Å². The summed E-state index contributed by atoms with van der Waals surface area (Å²) in [5.41, 5.74) is 2.19. The van der Waals surface area contributed by atoms with Crippen LogP contribution in [0.15, 0.2) is 41.0 Å². The average Bonchev–Trinajstić information content (AvgIpc) is 2.76. The van der Waals surface area contributed by atoms with Gasteiger partial charge in [0, 0.05) is 6.54 Å². The van der Waals surface area contributed by atoms with E-state index in [1.165, 1.54) is 5.56 Å². The summed E-state index contributed by atoms with van der Waals surface area (Å²) in [6.07, 6.45) is 2.59. The molecule has 0 bridgehead atoms. The van der Waals surface area contributed by atoms with E-state index < -0.39 is 0 Å². The van der Waals surface area contributed by atoms with Crippen molar-refractivity contribution in [3.8, 4) is 0 Å². The lowest BCUT2D eigenvalue weighted by atomic mass is 10.2. The Hall–Kier alpha value is -1.77. The Morgan fingerprint density at radius 2 is 2.07 bits per heavy atom. The molecule has 78 valence electrons. The molecule has 0 atom stereocenters. The van der Waals surface area contributed by atoms with Gasteiger partial charge in [-0.15, -0.1) is 0 Å². The molecule has 0 aliphatic rings. The predicted octanol–water partition coefficient (Wildman–Crippen LogP) is 2.85. The number of hydrogen-bond donors (Lipinski definition) is 1. The van der Waals surface area contributed by atoms with Gasteiger partial charge in [0.2, 0.25) is 0 Å². The molecule has 0 saturated carbocycles. The largest absolute Gasteiger partial charge is 0.432 e. The summed E-state index contributed by atoms with van der Waals surface area (Å²) in [4.78, 5) is 4.27. The van der Waals surface area contributed by atoms with E-state index in [-0.39, 0.29) is 0 Å². The third-order valence-electron chi connectivity index (χ3n) is 2.20. The first-order valence-electron chi connectivity index (χ1n) is 5.10. The van der Waals surface area contributed by atoms with Gasteiger partial charge >= 0.3 is 0 Å². The van der Waals surface area contributed by atoms with Crippen molar-refractivity contribution in [3.05, 3.63) is 47.9 Å². The quantitative estimate of drug-likeness (QED) is 0.828. The number of nitrogens with zero attached hydrogens (tertiary/aromatic N) is 1. The van der Waals surface area contributed by atoms with Crippen LogP contribution in [0.2, 0.25) is 0 Å². The van der Waals surface area contributed by atoms with E-state index in [0.29, 0.717) is 6.01 Å². The maximum absolute atomic E-state index is 5.26. The molecule has 2 aromatic rings. The van der Waals surface area contributed by atoms with Crippen molar-refractivity contribution in [3.63, 3.8) is 0 Å². The van der Waals surface area contributed by atoms with Crippen LogP contribution < -0.4 is 5.32 Å². The third-order valence-corrected chi connectivity index (χ3v) is 2.20. The SMILES string of the molecule is CCc1coc(NCc2ccccc2)n1. The van der Waals surface area contributed by atoms with Crippen LogP contribution >= 0.6 is 0 Å². The minimum Gasteiger partial charge on any atom is -0.432 e. The van der Waals surface area contributed by atoms with Crippen molar-refractivity contribution in [1.29, 1.82) is 0 Å². The summed E-state index contributed by atoms with van der Waals surface area (Å²) in [7, 11) is 0. The lowest BCUT2D eigenvalue weighted by Crippen LogP contribution is -1.99. The van der Waals surface area contributed by atoms with Crippen LogP contribution in [-0.4, -0.2) is 4.98 Å². The number of rotatable bonds is 4. The normalized spacial score (nSPS) is 10.2. The average molecular weight is 202 g/mol. The Kier molecular flexibility index (Phi) is 3.02. The molecule has 1 N–H and O–H groups in total. The topological polar surface area (TPSA) is 38.1 Å². The summed E-state index contributed by atoms with van der Waals surface area (Å²) in [5.74, 6) is 0. The van der Waals surface area contributed by atoms with Gasteiger partial charge < -0.3 is 9.73 Å². The molecule has 0 radical (unpaired) electrons. The van der Waals surface area contributed by atoms with Gasteiger partial charge in [0.1, 0.15) is 6.26 Å². The van der Waals surface area contributed by atoms with E-state index in [2.05, 4.69) is 29.4 Å². The van der Waals surface area contributed by atoms with Gasteiger partial charge in [0.25, 0.3) is 6.01 Å². The molecule has 1 aromatic heterocycles. The maximum Gasteiger partial charge on any atom is 0.294 e. The smallest absolute Gasteiger partial charge is 0.294 e. The van der Waals surface area contributed by atoms with Crippen molar-refractivity contribution >= 4 is 6.01 Å². The van der Waals surface area contributed by atoms with Gasteiger partial charge in [-0.25, -0.2) is 0 Å². The van der Waals surface area contributed by atoms with Gasteiger partial charge in [-0.3, -0.25) is 0 Å². The van der Waals surface area contributed by atoms with Crippen molar-refractivity contribution in [1.82, 2.24) is 4.98 Å². The summed E-state index contributed by atoms with van der Waals surface area (Å²) < 4.78 is 5.26. The Labute approximate surface area is 89.1 Å². The van der Waals surface area contributed by atoms with Crippen LogP contribution in [0.1, 0.15) is 18.2 Å². The van der Waals surface area contributed by atoms with E-state index in [1.54, 1.807) is 6.26 Å². The number of aryl methyl sites for hydroxylation is 1. The standard InChI is InChI=1S/C12H14N2O/c1-2-11-9-15-12(14-11)13-8-10-6-4-3-5-7-10/h3-7,9H,2,8H2,1H3,(H,13,14). The molecule has 0 aliphatic carbocycles. The number of benzene rings is 1. The lowest BCUT2D eigenvalue weighted by Gasteiger charge is -2.00. The molecule has 15 heavy (non-hydrogen) atoms. The molecule has 0 aliphatic heterocycles. The Balaban J connectivity index is 1.93. The van der Waals surface area contributed by atoms with Crippen molar-refractivity contribution in [2.75, 3.05) is 5.32 Å². The predicted molar refractivity (Wildman–Crippen MR) is 59.6 cm³/mol. The highest BCUT2D eigenvalue weighted by Crippen LogP contribution is 2.09. The molecule has 1 aromatic carbocycles. The molecule has 0 amide bonds. The Bertz CT molecular complexity index is 409. The third kappa shape index (κ3) is 2.59. The number of hydrogen-bond acceptors (Lipinski definition) is 3. The second kappa shape index (κ2) is 4.64. The zero-order chi connectivity index (χ0) is 10.5. The number of oxazole rings is 1. The summed E-state index contributed by atoms with van der Waals surface area (Å²) in [5, 5.41) is 3.14. The highest BCUT2D eigenvalue weighted by molar-refractivity contribution is 5.25. The Morgan fingerprint density at radius 1 is 1.27 bits per heavy atom. The number of anilines is 1. The van der Waals surface area contributed by atoms with Gasteiger partial charge in [-0.2, -0.15) is 4.98 Å². The fourth-order valence-corrected chi connectivity index (χ4v) is 1.32. The van der Waals surface area contributed by atoms with E-state index >= 15 is 0 Å². The van der Waals surface area contributed by atoms with Crippen LogP contribution in [0, 0.1) is 0 Å². The Morgan fingerprint density at radius 3 is 2.73 bits per heavy atom. The van der Waals surface area contributed by atoms with Gasteiger partial charge in [0.15, 0.2) is 0 Å². The summed E-state index contributed by atoms with van der Waals surface area (Å²) in [6.45, 7) is 2.79. The molecule has 3 nitrogen and oxygen atoms in total. The van der Waals surface area contributed by atoms with E-state index in [9.17, 15) is 0 Å². The van der Waals surface area contributed by atoms with Crippen LogP contribution in [0.25, 0.3) is 0 Å². The fraction of sp³-hybridized carbons (Fsp3) is 0.250. The lowest BCUT2D eigenvalue weighted by molar-refractivity contribution is 0.569. The molecule has 3 heteroatoms. The zero-order valence-electron chi connectivity index (χ0n) is 8.73. The van der Waals surface area contributed by atoms with E-state index in [1.807, 2.05) is 18.2 Å². The second-order valence-electron chi connectivity index (χ2n) is 3.34.